The molecule has 0 saturated carbocycles. The Kier molecular flexibility index (Phi) is 5.34. The fourth-order valence-corrected chi connectivity index (χ4v) is 1.19. The van der Waals surface area contributed by atoms with Crippen LogP contribution in [-0.2, 0) is 11.3 Å². The third-order valence-electron chi connectivity index (χ3n) is 2.30. The lowest BCUT2D eigenvalue weighted by Gasteiger charge is -2.07. The molecule has 1 aromatic heterocycles. The molecule has 0 saturated heterocycles. The summed E-state index contributed by atoms with van der Waals surface area (Å²) in [5.41, 5.74) is 0.0901. The van der Waals surface area contributed by atoms with Crippen LogP contribution in [0.15, 0.2) is 12.4 Å². The van der Waals surface area contributed by atoms with Gasteiger partial charge >= 0.3 is 12.1 Å². The first-order valence-corrected chi connectivity index (χ1v) is 5.69. The molecule has 0 aliphatic heterocycles. The van der Waals surface area contributed by atoms with E-state index < -0.39 is 18.6 Å². The van der Waals surface area contributed by atoms with Crippen molar-refractivity contribution in [1.29, 1.82) is 0 Å². The third-order valence-corrected chi connectivity index (χ3v) is 2.30. The Morgan fingerprint density at radius 2 is 2.26 bits per heavy atom. The number of ether oxygens (including phenoxy) is 1. The summed E-state index contributed by atoms with van der Waals surface area (Å²) in [5, 5.41) is 12.4. The second kappa shape index (κ2) is 6.55. The van der Waals surface area contributed by atoms with Crippen molar-refractivity contribution in [3.05, 3.63) is 18.0 Å². The maximum absolute atomic E-state index is 12.0. The number of nitrogens with zero attached hydrogens (tertiary/aromatic N) is 2. The summed E-state index contributed by atoms with van der Waals surface area (Å²) in [7, 11) is 0. The largest absolute Gasteiger partial charge is 0.462 e. The highest BCUT2D eigenvalue weighted by atomic mass is 19.4. The number of hydrogen-bond donors (Lipinski definition) is 1. The molecule has 0 aliphatic carbocycles. The van der Waals surface area contributed by atoms with Crippen LogP contribution in [0.2, 0.25) is 0 Å². The number of aliphatic hydroxyl groups is 1. The molecule has 0 bridgehead atoms. The molecular weight excluding hydrogens is 265 g/mol. The van der Waals surface area contributed by atoms with Crippen LogP contribution in [0.4, 0.5) is 13.2 Å². The lowest BCUT2D eigenvalue weighted by Crippen LogP contribution is -2.14. The average molecular weight is 280 g/mol. The number of aromatic nitrogens is 2. The van der Waals surface area contributed by atoms with Gasteiger partial charge in [-0.3, -0.25) is 4.68 Å². The van der Waals surface area contributed by atoms with Crippen LogP contribution in [0.25, 0.3) is 0 Å². The number of rotatable bonds is 6. The molecule has 1 aromatic rings. The first-order chi connectivity index (χ1) is 8.81. The van der Waals surface area contributed by atoms with Gasteiger partial charge in [0, 0.05) is 25.3 Å². The predicted octanol–water partition coefficient (Wildman–Crippen LogP) is 1.62. The Balaban J connectivity index is 2.47. The minimum atomic E-state index is -4.26. The lowest BCUT2D eigenvalue weighted by molar-refractivity contribution is -0.137. The Labute approximate surface area is 108 Å². The van der Waals surface area contributed by atoms with Gasteiger partial charge in [-0.25, -0.2) is 4.79 Å². The highest BCUT2D eigenvalue weighted by Gasteiger charge is 2.27. The van der Waals surface area contributed by atoms with Crippen molar-refractivity contribution in [2.45, 2.75) is 26.1 Å². The number of aliphatic hydroxyl groups excluding tert-OH is 1. The van der Waals surface area contributed by atoms with E-state index in [1.807, 2.05) is 0 Å². The Morgan fingerprint density at radius 3 is 2.84 bits per heavy atom. The van der Waals surface area contributed by atoms with Gasteiger partial charge in [0.2, 0.25) is 0 Å². The van der Waals surface area contributed by atoms with E-state index in [1.54, 1.807) is 6.92 Å². The zero-order valence-electron chi connectivity index (χ0n) is 10.4. The SMILES string of the molecule is CC(CO)COC(=O)c1cnn(CCC(F)(F)F)c1. The minimum Gasteiger partial charge on any atom is -0.462 e. The van der Waals surface area contributed by atoms with Crippen molar-refractivity contribution in [3.63, 3.8) is 0 Å². The fourth-order valence-electron chi connectivity index (χ4n) is 1.19. The molecule has 5 nitrogen and oxygen atoms in total. The van der Waals surface area contributed by atoms with E-state index in [1.165, 1.54) is 6.20 Å². The van der Waals surface area contributed by atoms with Crippen molar-refractivity contribution >= 4 is 5.97 Å². The van der Waals surface area contributed by atoms with Gasteiger partial charge in [0.1, 0.15) is 0 Å². The standard InChI is InChI=1S/C11H15F3N2O3/c1-8(6-17)7-19-10(18)9-4-15-16(5-9)3-2-11(12,13)14/h4-5,8,17H,2-3,6-7H2,1H3. The van der Waals surface area contributed by atoms with Gasteiger partial charge in [-0.1, -0.05) is 6.92 Å². The summed E-state index contributed by atoms with van der Waals surface area (Å²) in [6.07, 6.45) is -2.91. The molecular formula is C11H15F3N2O3. The number of aryl methyl sites for hydroxylation is 1. The molecule has 0 aliphatic rings. The minimum absolute atomic E-state index is 0.0447. The summed E-state index contributed by atoms with van der Waals surface area (Å²) >= 11 is 0. The smallest absolute Gasteiger partial charge is 0.390 e. The summed E-state index contributed by atoms with van der Waals surface area (Å²) in [5.74, 6) is -0.859. The zero-order valence-corrected chi connectivity index (χ0v) is 10.4. The first kappa shape index (κ1) is 15.5. The highest BCUT2D eigenvalue weighted by molar-refractivity contribution is 5.88. The second-order valence-corrected chi connectivity index (χ2v) is 4.24. The van der Waals surface area contributed by atoms with Gasteiger partial charge in [-0.2, -0.15) is 18.3 Å². The van der Waals surface area contributed by atoms with Gasteiger partial charge in [-0.05, 0) is 0 Å². The molecule has 1 heterocycles. The van der Waals surface area contributed by atoms with Crippen molar-refractivity contribution < 1.29 is 27.8 Å². The number of carbonyl (C=O) groups excluding carboxylic acids is 1. The molecule has 1 N–H and O–H groups in total. The molecule has 1 atom stereocenters. The van der Waals surface area contributed by atoms with Gasteiger partial charge in [0.25, 0.3) is 0 Å². The number of hydrogen-bond acceptors (Lipinski definition) is 4. The van der Waals surface area contributed by atoms with Gasteiger partial charge < -0.3 is 9.84 Å². The van der Waals surface area contributed by atoms with Gasteiger partial charge in [0.15, 0.2) is 0 Å². The molecule has 0 fully saturated rings. The van der Waals surface area contributed by atoms with E-state index in [4.69, 9.17) is 9.84 Å². The number of halogens is 3. The molecule has 108 valence electrons. The van der Waals surface area contributed by atoms with Crippen molar-refractivity contribution in [1.82, 2.24) is 9.78 Å². The topological polar surface area (TPSA) is 64.3 Å². The number of alkyl halides is 3. The van der Waals surface area contributed by atoms with E-state index in [0.29, 0.717) is 0 Å². The molecule has 0 amide bonds. The molecule has 0 radical (unpaired) electrons. The lowest BCUT2D eigenvalue weighted by atomic mass is 10.2. The molecule has 1 rings (SSSR count). The van der Waals surface area contributed by atoms with E-state index in [-0.39, 0.29) is 31.2 Å². The second-order valence-electron chi connectivity index (χ2n) is 4.24. The first-order valence-electron chi connectivity index (χ1n) is 5.69. The zero-order chi connectivity index (χ0) is 14.5. The van der Waals surface area contributed by atoms with Crippen LogP contribution in [0, 0.1) is 5.92 Å². The van der Waals surface area contributed by atoms with Crippen LogP contribution in [0.3, 0.4) is 0 Å². The number of esters is 1. The molecule has 0 spiro atoms. The summed E-state index contributed by atoms with van der Waals surface area (Å²) in [6, 6.07) is 0. The summed E-state index contributed by atoms with van der Waals surface area (Å²) in [4.78, 5) is 11.5. The van der Waals surface area contributed by atoms with Crippen LogP contribution in [0.1, 0.15) is 23.7 Å². The van der Waals surface area contributed by atoms with Crippen LogP contribution in [0.5, 0.6) is 0 Å². The van der Waals surface area contributed by atoms with Crippen molar-refractivity contribution in [3.8, 4) is 0 Å². The third kappa shape index (κ3) is 5.73. The molecule has 19 heavy (non-hydrogen) atoms. The number of carbonyl (C=O) groups is 1. The van der Waals surface area contributed by atoms with E-state index in [2.05, 4.69) is 5.10 Å². The highest BCUT2D eigenvalue weighted by Crippen LogP contribution is 2.20. The van der Waals surface area contributed by atoms with Crippen LogP contribution < -0.4 is 0 Å². The maximum Gasteiger partial charge on any atom is 0.390 e. The van der Waals surface area contributed by atoms with E-state index in [9.17, 15) is 18.0 Å². The van der Waals surface area contributed by atoms with E-state index >= 15 is 0 Å². The Hall–Kier alpha value is -1.57. The van der Waals surface area contributed by atoms with Crippen molar-refractivity contribution in [2.24, 2.45) is 5.92 Å². The van der Waals surface area contributed by atoms with Crippen LogP contribution in [-0.4, -0.2) is 40.2 Å². The van der Waals surface area contributed by atoms with Crippen molar-refractivity contribution in [2.75, 3.05) is 13.2 Å². The summed E-state index contributed by atoms with van der Waals surface area (Å²) in [6.45, 7) is 1.28. The molecule has 0 aromatic carbocycles. The Bertz CT molecular complexity index is 418. The maximum atomic E-state index is 12.0. The average Bonchev–Trinajstić information content (AvgIpc) is 2.81. The van der Waals surface area contributed by atoms with Gasteiger partial charge in [-0.15, -0.1) is 0 Å². The quantitative estimate of drug-likeness (QED) is 0.804. The Morgan fingerprint density at radius 1 is 1.58 bits per heavy atom. The van der Waals surface area contributed by atoms with E-state index in [0.717, 1.165) is 10.9 Å². The van der Waals surface area contributed by atoms with Crippen LogP contribution >= 0.6 is 0 Å². The van der Waals surface area contributed by atoms with Gasteiger partial charge in [0.05, 0.1) is 24.8 Å². The fraction of sp³-hybridized carbons (Fsp3) is 0.636. The monoisotopic (exact) mass is 280 g/mol. The normalized spacial score (nSPS) is 13.3. The summed E-state index contributed by atoms with van der Waals surface area (Å²) < 4.78 is 41.9. The molecule has 1 unspecified atom stereocenters. The predicted molar refractivity (Wildman–Crippen MR) is 59.4 cm³/mol. The molecule has 8 heteroatoms.